The van der Waals surface area contributed by atoms with Crippen LogP contribution in [0.3, 0.4) is 0 Å². The van der Waals surface area contributed by atoms with Crippen LogP contribution in [0, 0.1) is 0 Å². The van der Waals surface area contributed by atoms with Crippen molar-refractivity contribution < 1.29 is 9.47 Å². The molecule has 1 heterocycles. The zero-order valence-electron chi connectivity index (χ0n) is 12.6. The zero-order chi connectivity index (χ0) is 14.9. The van der Waals surface area contributed by atoms with Gasteiger partial charge in [-0.2, -0.15) is 5.10 Å². The van der Waals surface area contributed by atoms with Crippen LogP contribution in [-0.4, -0.2) is 24.0 Å². The first-order chi connectivity index (χ1) is 9.35. The Balaban J connectivity index is 2.53. The highest BCUT2D eigenvalue weighted by Crippen LogP contribution is 2.28. The van der Waals surface area contributed by atoms with E-state index in [2.05, 4.69) is 25.9 Å². The monoisotopic (exact) mass is 275 g/mol. The van der Waals surface area contributed by atoms with E-state index in [-0.39, 0.29) is 5.41 Å². The van der Waals surface area contributed by atoms with Gasteiger partial charge in [-0.05, 0) is 0 Å². The number of methoxy groups -OCH3 is 2. The van der Waals surface area contributed by atoms with Gasteiger partial charge in [-0.3, -0.25) is 0 Å². The molecule has 0 aliphatic carbocycles. The number of aromatic nitrogens is 2. The number of benzene rings is 1. The molecule has 0 aliphatic heterocycles. The number of hydrogen-bond acceptors (Lipinski definition) is 4. The molecule has 0 atom stereocenters. The van der Waals surface area contributed by atoms with Crippen LogP contribution in [0.2, 0.25) is 0 Å². The van der Waals surface area contributed by atoms with Crippen LogP contribution in [0.4, 0.5) is 5.82 Å². The molecule has 5 nitrogen and oxygen atoms in total. The van der Waals surface area contributed by atoms with Crippen molar-refractivity contribution in [3.8, 4) is 17.2 Å². The van der Waals surface area contributed by atoms with Crippen LogP contribution in [0.1, 0.15) is 26.5 Å². The van der Waals surface area contributed by atoms with E-state index >= 15 is 0 Å². The summed E-state index contributed by atoms with van der Waals surface area (Å²) in [5, 5.41) is 4.58. The van der Waals surface area contributed by atoms with E-state index in [1.165, 1.54) is 0 Å². The highest BCUT2D eigenvalue weighted by molar-refractivity contribution is 5.50. The van der Waals surface area contributed by atoms with Gasteiger partial charge < -0.3 is 15.2 Å². The first-order valence-electron chi connectivity index (χ1n) is 6.44. The number of anilines is 1. The standard InChI is InChI=1S/C15H21N3O2/c1-15(2,3)13-9-14(16)18(17-13)10-6-11(19-4)8-12(7-10)20-5/h6-9H,16H2,1-5H3. The van der Waals surface area contributed by atoms with Gasteiger partial charge in [0.15, 0.2) is 0 Å². The molecule has 0 saturated carbocycles. The predicted octanol–water partition coefficient (Wildman–Crippen LogP) is 2.77. The fraction of sp³-hybridized carbons (Fsp3) is 0.400. The molecular formula is C15H21N3O2. The lowest BCUT2D eigenvalue weighted by molar-refractivity contribution is 0.394. The fourth-order valence-electron chi connectivity index (χ4n) is 1.88. The summed E-state index contributed by atoms with van der Waals surface area (Å²) in [5.74, 6) is 1.99. The van der Waals surface area contributed by atoms with Gasteiger partial charge in [0.25, 0.3) is 0 Å². The molecule has 0 unspecified atom stereocenters. The number of nitrogen functional groups attached to an aromatic ring is 1. The quantitative estimate of drug-likeness (QED) is 0.935. The molecule has 5 heteroatoms. The lowest BCUT2D eigenvalue weighted by Crippen LogP contribution is -2.12. The maximum absolute atomic E-state index is 6.07. The van der Waals surface area contributed by atoms with E-state index in [4.69, 9.17) is 15.2 Å². The van der Waals surface area contributed by atoms with Crippen LogP contribution < -0.4 is 15.2 Å². The molecule has 0 bridgehead atoms. The van der Waals surface area contributed by atoms with Gasteiger partial charge in [0.05, 0.1) is 25.6 Å². The molecule has 2 N–H and O–H groups in total. The summed E-state index contributed by atoms with van der Waals surface area (Å²) in [6.07, 6.45) is 0. The van der Waals surface area contributed by atoms with Crippen molar-refractivity contribution >= 4 is 5.82 Å². The van der Waals surface area contributed by atoms with Gasteiger partial charge >= 0.3 is 0 Å². The highest BCUT2D eigenvalue weighted by Gasteiger charge is 2.20. The Labute approximate surface area is 119 Å². The summed E-state index contributed by atoms with van der Waals surface area (Å²) in [5.41, 5.74) is 7.77. The van der Waals surface area contributed by atoms with Crippen molar-refractivity contribution in [3.63, 3.8) is 0 Å². The Bertz CT molecular complexity index is 590. The zero-order valence-corrected chi connectivity index (χ0v) is 12.6. The van der Waals surface area contributed by atoms with Crippen molar-refractivity contribution in [2.45, 2.75) is 26.2 Å². The fourth-order valence-corrected chi connectivity index (χ4v) is 1.88. The van der Waals surface area contributed by atoms with Gasteiger partial charge in [-0.15, -0.1) is 0 Å². The first kappa shape index (κ1) is 14.2. The second-order valence-electron chi connectivity index (χ2n) is 5.69. The van der Waals surface area contributed by atoms with E-state index in [0.29, 0.717) is 17.3 Å². The largest absolute Gasteiger partial charge is 0.497 e. The maximum Gasteiger partial charge on any atom is 0.127 e. The molecule has 20 heavy (non-hydrogen) atoms. The van der Waals surface area contributed by atoms with Crippen LogP contribution in [0.15, 0.2) is 24.3 Å². The number of rotatable bonds is 3. The van der Waals surface area contributed by atoms with Crippen LogP contribution in [0.25, 0.3) is 5.69 Å². The summed E-state index contributed by atoms with van der Waals surface area (Å²) >= 11 is 0. The maximum atomic E-state index is 6.07. The molecular weight excluding hydrogens is 254 g/mol. The molecule has 2 rings (SSSR count). The third-order valence-electron chi connectivity index (χ3n) is 3.09. The van der Waals surface area contributed by atoms with Gasteiger partial charge in [0.2, 0.25) is 0 Å². The van der Waals surface area contributed by atoms with Gasteiger partial charge in [-0.25, -0.2) is 4.68 Å². The van der Waals surface area contributed by atoms with Crippen LogP contribution >= 0.6 is 0 Å². The van der Waals surface area contributed by atoms with Crippen LogP contribution in [0.5, 0.6) is 11.5 Å². The van der Waals surface area contributed by atoms with E-state index < -0.39 is 0 Å². The number of nitrogens with zero attached hydrogens (tertiary/aromatic N) is 2. The lowest BCUT2D eigenvalue weighted by Gasteiger charge is -2.14. The molecule has 1 aromatic heterocycles. The van der Waals surface area contributed by atoms with Crippen molar-refractivity contribution in [3.05, 3.63) is 30.0 Å². The Morgan fingerprint density at radius 2 is 1.55 bits per heavy atom. The topological polar surface area (TPSA) is 62.3 Å². The molecule has 108 valence electrons. The molecule has 0 spiro atoms. The van der Waals surface area contributed by atoms with Crippen LogP contribution in [-0.2, 0) is 5.41 Å². The van der Waals surface area contributed by atoms with Crippen molar-refractivity contribution in [2.24, 2.45) is 0 Å². The Morgan fingerprint density at radius 1 is 1.00 bits per heavy atom. The number of ether oxygens (including phenoxy) is 2. The Kier molecular flexibility index (Phi) is 3.61. The average molecular weight is 275 g/mol. The van der Waals surface area contributed by atoms with Gasteiger partial charge in [0, 0.05) is 29.7 Å². The molecule has 0 fully saturated rings. The molecule has 0 aliphatic rings. The number of nitrogens with two attached hydrogens (primary N) is 1. The third kappa shape index (κ3) is 2.71. The van der Waals surface area contributed by atoms with E-state index in [1.54, 1.807) is 18.9 Å². The normalized spacial score (nSPS) is 11.4. The minimum atomic E-state index is -0.0533. The summed E-state index contributed by atoms with van der Waals surface area (Å²) in [4.78, 5) is 0. The number of hydrogen-bond donors (Lipinski definition) is 1. The lowest BCUT2D eigenvalue weighted by atomic mass is 9.92. The Hall–Kier alpha value is -2.17. The molecule has 2 aromatic rings. The third-order valence-corrected chi connectivity index (χ3v) is 3.09. The smallest absolute Gasteiger partial charge is 0.127 e. The molecule has 0 saturated heterocycles. The molecule has 0 radical (unpaired) electrons. The second kappa shape index (κ2) is 5.07. The summed E-state index contributed by atoms with van der Waals surface area (Å²) in [7, 11) is 3.23. The average Bonchev–Trinajstić information content (AvgIpc) is 2.80. The summed E-state index contributed by atoms with van der Waals surface area (Å²) in [6, 6.07) is 7.45. The molecule has 0 amide bonds. The first-order valence-corrected chi connectivity index (χ1v) is 6.44. The molecule has 1 aromatic carbocycles. The minimum Gasteiger partial charge on any atom is -0.497 e. The van der Waals surface area contributed by atoms with Crippen molar-refractivity contribution in [1.82, 2.24) is 9.78 Å². The summed E-state index contributed by atoms with van der Waals surface area (Å²) in [6.45, 7) is 6.31. The Morgan fingerprint density at radius 3 is 1.95 bits per heavy atom. The minimum absolute atomic E-state index is 0.0533. The van der Waals surface area contributed by atoms with Gasteiger partial charge in [-0.1, -0.05) is 20.8 Å². The van der Waals surface area contributed by atoms with Gasteiger partial charge in [0.1, 0.15) is 17.3 Å². The highest BCUT2D eigenvalue weighted by atomic mass is 16.5. The predicted molar refractivity (Wildman–Crippen MR) is 79.8 cm³/mol. The van der Waals surface area contributed by atoms with E-state index in [0.717, 1.165) is 11.4 Å². The van der Waals surface area contributed by atoms with Crippen molar-refractivity contribution in [1.29, 1.82) is 0 Å². The second-order valence-corrected chi connectivity index (χ2v) is 5.69. The van der Waals surface area contributed by atoms with Crippen molar-refractivity contribution in [2.75, 3.05) is 20.0 Å². The van der Waals surface area contributed by atoms with E-state index in [9.17, 15) is 0 Å². The van der Waals surface area contributed by atoms with E-state index in [1.807, 2.05) is 24.3 Å². The summed E-state index contributed by atoms with van der Waals surface area (Å²) < 4.78 is 12.2. The SMILES string of the molecule is COc1cc(OC)cc(-n2nc(C(C)(C)C)cc2N)c1.